The van der Waals surface area contributed by atoms with Gasteiger partial charge in [-0.3, -0.25) is 4.79 Å². The van der Waals surface area contributed by atoms with Crippen molar-refractivity contribution in [3.8, 4) is 11.5 Å². The largest absolute Gasteiger partial charge is 0.493 e. The molecule has 0 aliphatic carbocycles. The molecule has 1 aromatic carbocycles. The van der Waals surface area contributed by atoms with Crippen LogP contribution >= 0.6 is 0 Å². The van der Waals surface area contributed by atoms with Crippen molar-refractivity contribution in [2.75, 3.05) is 20.3 Å². The van der Waals surface area contributed by atoms with Crippen molar-refractivity contribution in [1.82, 2.24) is 5.32 Å². The van der Waals surface area contributed by atoms with E-state index in [1.54, 1.807) is 13.2 Å². The van der Waals surface area contributed by atoms with Crippen LogP contribution in [0.3, 0.4) is 0 Å². The first kappa shape index (κ1) is 16.0. The van der Waals surface area contributed by atoms with E-state index < -0.39 is 5.97 Å². The third-order valence-electron chi connectivity index (χ3n) is 2.66. The van der Waals surface area contributed by atoms with Gasteiger partial charge in [-0.25, -0.2) is 0 Å². The molecule has 0 unspecified atom stereocenters. The van der Waals surface area contributed by atoms with E-state index in [4.69, 9.17) is 14.6 Å². The molecule has 5 heteroatoms. The number of rotatable bonds is 10. The second-order valence-electron chi connectivity index (χ2n) is 4.26. The number of nitrogens with one attached hydrogen (secondary N) is 1. The second kappa shape index (κ2) is 8.98. The average Bonchev–Trinajstić information content (AvgIpc) is 2.44. The Bertz CT molecular complexity index is 445. The van der Waals surface area contributed by atoms with Crippen LogP contribution in [0.25, 0.3) is 0 Å². The summed E-state index contributed by atoms with van der Waals surface area (Å²) in [5.41, 5.74) is 1.06. The molecule has 0 saturated carbocycles. The van der Waals surface area contributed by atoms with Gasteiger partial charge in [-0.2, -0.15) is 0 Å². The first-order valence-corrected chi connectivity index (χ1v) is 6.50. The summed E-state index contributed by atoms with van der Waals surface area (Å²) in [7, 11) is 1.60. The lowest BCUT2D eigenvalue weighted by Crippen LogP contribution is -2.15. The van der Waals surface area contributed by atoms with Crippen molar-refractivity contribution in [3.63, 3.8) is 0 Å². The Balaban J connectivity index is 2.46. The van der Waals surface area contributed by atoms with Gasteiger partial charge in [0.15, 0.2) is 11.5 Å². The van der Waals surface area contributed by atoms with Gasteiger partial charge in [-0.15, -0.1) is 0 Å². The quantitative estimate of drug-likeness (QED) is 0.508. The highest BCUT2D eigenvalue weighted by atomic mass is 16.5. The third-order valence-corrected chi connectivity index (χ3v) is 2.66. The number of ether oxygens (including phenoxy) is 2. The van der Waals surface area contributed by atoms with Crippen LogP contribution in [0.5, 0.6) is 11.5 Å². The predicted molar refractivity (Wildman–Crippen MR) is 77.3 cm³/mol. The molecule has 0 saturated heterocycles. The molecule has 0 aliphatic rings. The lowest BCUT2D eigenvalue weighted by molar-refractivity contribution is -0.137. The molecule has 0 bridgehead atoms. The summed E-state index contributed by atoms with van der Waals surface area (Å²) in [5.74, 6) is 0.593. The lowest BCUT2D eigenvalue weighted by atomic mass is 10.2. The van der Waals surface area contributed by atoms with Crippen molar-refractivity contribution in [2.45, 2.75) is 19.4 Å². The Labute approximate surface area is 119 Å². The fraction of sp³-hybridized carbons (Fsp3) is 0.400. The summed E-state index contributed by atoms with van der Waals surface area (Å²) in [4.78, 5) is 10.4. The van der Waals surface area contributed by atoms with Gasteiger partial charge in [0, 0.05) is 13.0 Å². The van der Waals surface area contributed by atoms with Crippen LogP contribution in [0.4, 0.5) is 0 Å². The van der Waals surface area contributed by atoms with E-state index in [1.807, 2.05) is 18.2 Å². The minimum absolute atomic E-state index is 0.185. The van der Waals surface area contributed by atoms with Gasteiger partial charge in [-0.05, 0) is 30.7 Å². The topological polar surface area (TPSA) is 67.8 Å². The molecule has 20 heavy (non-hydrogen) atoms. The molecule has 0 radical (unpaired) electrons. The molecule has 0 heterocycles. The van der Waals surface area contributed by atoms with Crippen LogP contribution in [0.1, 0.15) is 18.4 Å². The van der Waals surface area contributed by atoms with Crippen LogP contribution in [-0.4, -0.2) is 31.3 Å². The molecular weight excluding hydrogens is 258 g/mol. The van der Waals surface area contributed by atoms with Crippen molar-refractivity contribution >= 4 is 5.97 Å². The Hall–Kier alpha value is -2.01. The minimum Gasteiger partial charge on any atom is -0.493 e. The van der Waals surface area contributed by atoms with Crippen molar-refractivity contribution in [2.24, 2.45) is 0 Å². The zero-order valence-corrected chi connectivity index (χ0v) is 11.7. The van der Waals surface area contributed by atoms with Gasteiger partial charge in [0.05, 0.1) is 7.11 Å². The number of benzene rings is 1. The summed E-state index contributed by atoms with van der Waals surface area (Å²) in [5, 5.41) is 11.7. The highest BCUT2D eigenvalue weighted by molar-refractivity contribution is 5.66. The van der Waals surface area contributed by atoms with E-state index in [9.17, 15) is 4.79 Å². The summed E-state index contributed by atoms with van der Waals surface area (Å²) < 4.78 is 10.8. The molecule has 110 valence electrons. The molecule has 5 nitrogen and oxygen atoms in total. The van der Waals surface area contributed by atoms with Gasteiger partial charge in [0.1, 0.15) is 6.61 Å². The van der Waals surface area contributed by atoms with E-state index in [-0.39, 0.29) is 6.42 Å². The zero-order chi connectivity index (χ0) is 14.8. The maximum absolute atomic E-state index is 10.4. The van der Waals surface area contributed by atoms with Gasteiger partial charge in [-0.1, -0.05) is 18.7 Å². The highest BCUT2D eigenvalue weighted by Crippen LogP contribution is 2.27. The first-order chi connectivity index (χ1) is 9.67. The van der Waals surface area contributed by atoms with Crippen molar-refractivity contribution in [1.29, 1.82) is 0 Å². The molecule has 0 amide bonds. The van der Waals surface area contributed by atoms with Crippen LogP contribution in [0.2, 0.25) is 0 Å². The molecular formula is C15H21NO4. The standard InChI is InChI=1S/C15H21NO4/c1-3-9-20-13-7-6-12(10-14(13)19-2)11-16-8-4-5-15(17)18/h3,6-7,10,16H,1,4-5,8-9,11H2,2H3,(H,17,18). The van der Waals surface area contributed by atoms with Crippen LogP contribution in [-0.2, 0) is 11.3 Å². The van der Waals surface area contributed by atoms with Gasteiger partial charge in [0.2, 0.25) is 0 Å². The van der Waals surface area contributed by atoms with E-state index in [0.29, 0.717) is 37.6 Å². The predicted octanol–water partition coefficient (Wildman–Crippen LogP) is 2.21. The Morgan fingerprint density at radius 2 is 2.25 bits per heavy atom. The zero-order valence-electron chi connectivity index (χ0n) is 11.7. The van der Waals surface area contributed by atoms with E-state index >= 15 is 0 Å². The smallest absolute Gasteiger partial charge is 0.303 e. The first-order valence-electron chi connectivity index (χ1n) is 6.50. The number of hydrogen-bond acceptors (Lipinski definition) is 4. The maximum Gasteiger partial charge on any atom is 0.303 e. The van der Waals surface area contributed by atoms with E-state index in [1.165, 1.54) is 0 Å². The molecule has 1 aromatic rings. The number of aliphatic carboxylic acids is 1. The summed E-state index contributed by atoms with van der Waals surface area (Å²) in [6, 6.07) is 5.71. The van der Waals surface area contributed by atoms with Crippen LogP contribution in [0, 0.1) is 0 Å². The average molecular weight is 279 g/mol. The van der Waals surface area contributed by atoms with E-state index in [0.717, 1.165) is 5.56 Å². The molecule has 0 aromatic heterocycles. The molecule has 0 atom stereocenters. The fourth-order valence-electron chi connectivity index (χ4n) is 1.69. The molecule has 0 aliphatic heterocycles. The number of hydrogen-bond donors (Lipinski definition) is 2. The Morgan fingerprint density at radius 3 is 2.90 bits per heavy atom. The minimum atomic E-state index is -0.766. The van der Waals surface area contributed by atoms with Gasteiger partial charge in [0.25, 0.3) is 0 Å². The molecule has 0 fully saturated rings. The summed E-state index contributed by atoms with van der Waals surface area (Å²) in [6.45, 7) is 5.37. The Morgan fingerprint density at radius 1 is 1.45 bits per heavy atom. The maximum atomic E-state index is 10.4. The number of carboxylic acids is 1. The molecule has 1 rings (SSSR count). The number of methoxy groups -OCH3 is 1. The lowest BCUT2D eigenvalue weighted by Gasteiger charge is -2.11. The van der Waals surface area contributed by atoms with Crippen molar-refractivity contribution < 1.29 is 19.4 Å². The number of carboxylic acid groups (broad SMARTS) is 1. The van der Waals surface area contributed by atoms with Crippen molar-refractivity contribution in [3.05, 3.63) is 36.4 Å². The Kier molecular flexibility index (Phi) is 7.21. The fourth-order valence-corrected chi connectivity index (χ4v) is 1.69. The highest BCUT2D eigenvalue weighted by Gasteiger charge is 2.05. The van der Waals surface area contributed by atoms with Gasteiger partial charge < -0.3 is 19.9 Å². The monoisotopic (exact) mass is 279 g/mol. The van der Waals surface area contributed by atoms with E-state index in [2.05, 4.69) is 11.9 Å². The normalized spacial score (nSPS) is 10.1. The second-order valence-corrected chi connectivity index (χ2v) is 4.26. The third kappa shape index (κ3) is 5.75. The molecule has 2 N–H and O–H groups in total. The van der Waals surface area contributed by atoms with Crippen LogP contribution in [0.15, 0.2) is 30.9 Å². The summed E-state index contributed by atoms with van der Waals surface area (Å²) >= 11 is 0. The number of carbonyl (C=O) groups is 1. The molecule has 0 spiro atoms. The SMILES string of the molecule is C=CCOc1ccc(CNCCCC(=O)O)cc1OC. The van der Waals surface area contributed by atoms with Crippen LogP contribution < -0.4 is 14.8 Å². The summed E-state index contributed by atoms with van der Waals surface area (Å²) in [6.07, 6.45) is 2.48. The van der Waals surface area contributed by atoms with Gasteiger partial charge >= 0.3 is 5.97 Å².